The van der Waals surface area contributed by atoms with Gasteiger partial charge in [-0.1, -0.05) is 6.07 Å². The fourth-order valence-electron chi connectivity index (χ4n) is 1.96. The Morgan fingerprint density at radius 3 is 3.06 bits per heavy atom. The van der Waals surface area contributed by atoms with Crippen LogP contribution in [-0.2, 0) is 0 Å². The maximum atomic E-state index is 11.2. The second-order valence-corrected chi connectivity index (χ2v) is 4.75. The minimum Gasteiger partial charge on any atom is -0.366 e. The first-order valence-corrected chi connectivity index (χ1v) is 6.41. The molecule has 1 amide bonds. The van der Waals surface area contributed by atoms with Crippen molar-refractivity contribution in [2.75, 3.05) is 0 Å². The van der Waals surface area contributed by atoms with Gasteiger partial charge in [-0.2, -0.15) is 0 Å². The molecule has 0 spiro atoms. The highest BCUT2D eigenvalue weighted by Crippen LogP contribution is 2.38. The summed E-state index contributed by atoms with van der Waals surface area (Å²) in [6.07, 6.45) is 5.77. The summed E-state index contributed by atoms with van der Waals surface area (Å²) in [5.41, 5.74) is 9.83. The number of allylic oxidation sites excluding steroid dienone is 4. The molecule has 0 aromatic heterocycles. The average molecular weight is 254 g/mol. The highest BCUT2D eigenvalue weighted by molar-refractivity contribution is 8.05. The number of thioether (sulfide) groups is 1. The number of aliphatic imine (C=N–C) groups is 1. The molecular formula is C14H10N2OS. The quantitative estimate of drug-likeness (QED) is 0.837. The largest absolute Gasteiger partial charge is 0.366 e. The number of amides is 1. The first-order chi connectivity index (χ1) is 8.75. The molecule has 0 fully saturated rings. The summed E-state index contributed by atoms with van der Waals surface area (Å²) in [4.78, 5) is 15.5. The molecule has 0 atom stereocenters. The molecule has 0 saturated carbocycles. The van der Waals surface area contributed by atoms with E-state index in [0.29, 0.717) is 5.56 Å². The van der Waals surface area contributed by atoms with Crippen molar-refractivity contribution in [3.63, 3.8) is 0 Å². The predicted octanol–water partition coefficient (Wildman–Crippen LogP) is 3.03. The minimum absolute atomic E-state index is 0.433. The second-order valence-electron chi connectivity index (χ2n) is 3.97. The van der Waals surface area contributed by atoms with E-state index in [0.717, 1.165) is 22.4 Å². The molecule has 3 rings (SSSR count). The van der Waals surface area contributed by atoms with E-state index in [9.17, 15) is 4.79 Å². The molecule has 1 aromatic carbocycles. The molecule has 4 heteroatoms. The van der Waals surface area contributed by atoms with Crippen LogP contribution in [0, 0.1) is 0 Å². The third-order valence-corrected chi connectivity index (χ3v) is 3.53. The predicted molar refractivity (Wildman–Crippen MR) is 75.9 cm³/mol. The lowest BCUT2D eigenvalue weighted by atomic mass is 9.97. The van der Waals surface area contributed by atoms with Crippen LogP contribution in [0.1, 0.15) is 15.9 Å². The fourth-order valence-corrected chi connectivity index (χ4v) is 2.66. The van der Waals surface area contributed by atoms with E-state index in [4.69, 9.17) is 5.73 Å². The molecule has 0 bridgehead atoms. The molecule has 0 aliphatic carbocycles. The zero-order chi connectivity index (χ0) is 12.5. The number of nitrogens with two attached hydrogens (primary N) is 1. The number of benzene rings is 1. The summed E-state index contributed by atoms with van der Waals surface area (Å²) in [6, 6.07) is 5.37. The number of nitrogens with zero attached hydrogens (tertiary/aromatic N) is 1. The molecule has 88 valence electrons. The van der Waals surface area contributed by atoms with Crippen LogP contribution in [0.5, 0.6) is 0 Å². The van der Waals surface area contributed by atoms with Crippen LogP contribution in [-0.4, -0.2) is 12.1 Å². The van der Waals surface area contributed by atoms with Crippen molar-refractivity contribution in [2.45, 2.75) is 0 Å². The van der Waals surface area contributed by atoms with Crippen molar-refractivity contribution in [2.24, 2.45) is 10.7 Å². The van der Waals surface area contributed by atoms with E-state index in [2.05, 4.69) is 16.5 Å². The smallest absolute Gasteiger partial charge is 0.248 e. The number of fused-ring (bicyclic) bond motifs is 3. The second kappa shape index (κ2) is 4.31. The lowest BCUT2D eigenvalue weighted by molar-refractivity contribution is 0.100. The molecule has 2 aliphatic rings. The lowest BCUT2D eigenvalue weighted by Crippen LogP contribution is -2.10. The highest BCUT2D eigenvalue weighted by atomic mass is 32.2. The van der Waals surface area contributed by atoms with Crippen LogP contribution in [0.15, 0.2) is 51.7 Å². The zero-order valence-corrected chi connectivity index (χ0v) is 10.3. The maximum absolute atomic E-state index is 11.2. The fraction of sp³-hybridized carbons (Fsp3) is 0. The highest BCUT2D eigenvalue weighted by Gasteiger charge is 2.15. The molecule has 2 aliphatic heterocycles. The van der Waals surface area contributed by atoms with Crippen molar-refractivity contribution < 1.29 is 4.79 Å². The molecule has 18 heavy (non-hydrogen) atoms. The SMILES string of the molecule is NC(=O)c1ccc2c(c1)N=CC=C1C=CSC=C12. The van der Waals surface area contributed by atoms with Crippen molar-refractivity contribution in [1.29, 1.82) is 0 Å². The van der Waals surface area contributed by atoms with Gasteiger partial charge in [-0.05, 0) is 46.2 Å². The summed E-state index contributed by atoms with van der Waals surface area (Å²) >= 11 is 1.63. The Hall–Kier alpha value is -2.07. The van der Waals surface area contributed by atoms with Crippen molar-refractivity contribution in [3.05, 3.63) is 57.9 Å². The van der Waals surface area contributed by atoms with E-state index >= 15 is 0 Å². The molecule has 2 heterocycles. The molecule has 0 radical (unpaired) electrons. The summed E-state index contributed by atoms with van der Waals surface area (Å²) in [6.45, 7) is 0. The number of carbonyl (C=O) groups excluding carboxylic acids is 1. The van der Waals surface area contributed by atoms with Crippen LogP contribution in [0.4, 0.5) is 5.69 Å². The van der Waals surface area contributed by atoms with Gasteiger partial charge >= 0.3 is 0 Å². The van der Waals surface area contributed by atoms with Crippen molar-refractivity contribution in [3.8, 4) is 0 Å². The van der Waals surface area contributed by atoms with Gasteiger partial charge in [-0.15, -0.1) is 11.8 Å². The number of primary amides is 1. The molecule has 1 aromatic rings. The summed E-state index contributed by atoms with van der Waals surface area (Å²) < 4.78 is 0. The van der Waals surface area contributed by atoms with Crippen LogP contribution < -0.4 is 5.73 Å². The lowest BCUT2D eigenvalue weighted by Gasteiger charge is -2.12. The topological polar surface area (TPSA) is 55.5 Å². The summed E-state index contributed by atoms with van der Waals surface area (Å²) in [5.74, 6) is -0.433. The Morgan fingerprint density at radius 2 is 2.22 bits per heavy atom. The zero-order valence-electron chi connectivity index (χ0n) is 9.46. The molecule has 0 unspecified atom stereocenters. The third-order valence-electron chi connectivity index (χ3n) is 2.86. The van der Waals surface area contributed by atoms with Gasteiger partial charge in [0.25, 0.3) is 0 Å². The van der Waals surface area contributed by atoms with Gasteiger partial charge in [0.05, 0.1) is 5.69 Å². The van der Waals surface area contributed by atoms with Gasteiger partial charge in [0.2, 0.25) is 5.91 Å². The van der Waals surface area contributed by atoms with Gasteiger partial charge in [-0.3, -0.25) is 9.79 Å². The summed E-state index contributed by atoms with van der Waals surface area (Å²) in [7, 11) is 0. The van der Waals surface area contributed by atoms with Gasteiger partial charge in [-0.25, -0.2) is 0 Å². The number of carbonyl (C=O) groups is 1. The number of hydrogen-bond acceptors (Lipinski definition) is 3. The molecule has 3 nitrogen and oxygen atoms in total. The average Bonchev–Trinajstić information content (AvgIpc) is 2.57. The molecule has 0 saturated heterocycles. The Kier molecular flexibility index (Phi) is 2.64. The first-order valence-electron chi connectivity index (χ1n) is 5.47. The molecule has 2 N–H and O–H groups in total. The normalized spacial score (nSPS) is 16.2. The molecular weight excluding hydrogens is 244 g/mol. The number of rotatable bonds is 1. The van der Waals surface area contributed by atoms with Crippen LogP contribution in [0.25, 0.3) is 5.57 Å². The van der Waals surface area contributed by atoms with E-state index < -0.39 is 5.91 Å². The van der Waals surface area contributed by atoms with Crippen LogP contribution >= 0.6 is 11.8 Å². The summed E-state index contributed by atoms with van der Waals surface area (Å²) in [5, 5.41) is 4.12. The maximum Gasteiger partial charge on any atom is 0.248 e. The van der Waals surface area contributed by atoms with E-state index in [-0.39, 0.29) is 0 Å². The van der Waals surface area contributed by atoms with Gasteiger partial charge in [0.15, 0.2) is 0 Å². The Morgan fingerprint density at radius 1 is 1.33 bits per heavy atom. The van der Waals surface area contributed by atoms with Crippen LogP contribution in [0.2, 0.25) is 0 Å². The van der Waals surface area contributed by atoms with Gasteiger partial charge < -0.3 is 5.73 Å². The standard InChI is InChI=1S/C14H10N2OS/c15-14(17)10-1-2-11-12-8-18-6-4-9(12)3-5-16-13(11)7-10/h1-8H,(H2,15,17). The monoisotopic (exact) mass is 254 g/mol. The van der Waals surface area contributed by atoms with E-state index in [1.165, 1.54) is 0 Å². The van der Waals surface area contributed by atoms with Gasteiger partial charge in [0.1, 0.15) is 0 Å². The van der Waals surface area contributed by atoms with Crippen LogP contribution in [0.3, 0.4) is 0 Å². The van der Waals surface area contributed by atoms with E-state index in [1.807, 2.05) is 17.6 Å². The van der Waals surface area contributed by atoms with Gasteiger partial charge in [0, 0.05) is 17.3 Å². The Bertz CT molecular complexity index is 654. The van der Waals surface area contributed by atoms with Crippen molar-refractivity contribution in [1.82, 2.24) is 0 Å². The first kappa shape index (κ1) is 11.0. The van der Waals surface area contributed by atoms with Crippen molar-refractivity contribution >= 4 is 35.1 Å². The Balaban J connectivity index is 2.17. The third kappa shape index (κ3) is 1.80. The Labute approximate surface area is 109 Å². The van der Waals surface area contributed by atoms with E-state index in [1.54, 1.807) is 30.1 Å². The number of hydrogen-bond donors (Lipinski definition) is 1. The minimum atomic E-state index is -0.433.